The summed E-state index contributed by atoms with van der Waals surface area (Å²) in [4.78, 5) is 17.6. The van der Waals surface area contributed by atoms with Crippen LogP contribution in [0, 0.1) is 0 Å². The number of H-pyrrole nitrogens is 1. The van der Waals surface area contributed by atoms with Crippen LogP contribution in [0.1, 0.15) is 17.3 Å². The highest BCUT2D eigenvalue weighted by atomic mass is 19.4. The fourth-order valence-corrected chi connectivity index (χ4v) is 3.22. The molecule has 1 atom stereocenters. The van der Waals surface area contributed by atoms with E-state index in [4.69, 9.17) is 0 Å². The van der Waals surface area contributed by atoms with E-state index >= 15 is 0 Å². The maximum absolute atomic E-state index is 13.8. The molecule has 1 unspecified atom stereocenters. The normalized spacial score (nSPS) is 13.3. The Balaban J connectivity index is 1.72. The largest absolute Gasteiger partial charge is 0.433 e. The van der Waals surface area contributed by atoms with E-state index in [-0.39, 0.29) is 11.1 Å². The van der Waals surface area contributed by atoms with Gasteiger partial charge >= 0.3 is 12.4 Å². The predicted molar refractivity (Wildman–Crippen MR) is 103 cm³/mol. The molecule has 0 aliphatic carbocycles. The number of hydrogen-bond donors (Lipinski definition) is 2. The van der Waals surface area contributed by atoms with Gasteiger partial charge in [0, 0.05) is 40.6 Å². The Morgan fingerprint density at radius 2 is 1.81 bits per heavy atom. The summed E-state index contributed by atoms with van der Waals surface area (Å²) in [5.41, 5.74) is -2.06. The molecule has 12 heteroatoms. The van der Waals surface area contributed by atoms with E-state index < -0.39 is 29.8 Å². The van der Waals surface area contributed by atoms with E-state index in [1.165, 1.54) is 10.9 Å². The first-order valence-corrected chi connectivity index (χ1v) is 9.06. The van der Waals surface area contributed by atoms with E-state index in [2.05, 4.69) is 20.4 Å². The minimum absolute atomic E-state index is 0.323. The number of hydrogen-bond acceptors (Lipinski definition) is 4. The number of benzene rings is 1. The summed E-state index contributed by atoms with van der Waals surface area (Å²) < 4.78 is 81.0. The monoisotopic (exact) mass is 453 g/mol. The second-order valence-electron chi connectivity index (χ2n) is 6.81. The van der Waals surface area contributed by atoms with E-state index in [1.807, 2.05) is 0 Å². The van der Waals surface area contributed by atoms with Gasteiger partial charge in [0.15, 0.2) is 6.04 Å². The molecule has 4 rings (SSSR count). The summed E-state index contributed by atoms with van der Waals surface area (Å²) in [6.45, 7) is 0. The molecular weight excluding hydrogens is 440 g/mol. The van der Waals surface area contributed by atoms with Crippen LogP contribution < -0.4 is 10.9 Å². The van der Waals surface area contributed by atoms with Gasteiger partial charge in [-0.05, 0) is 30.3 Å². The van der Waals surface area contributed by atoms with E-state index in [1.54, 1.807) is 24.3 Å². The van der Waals surface area contributed by atoms with Gasteiger partial charge in [0.25, 0.3) is 5.56 Å². The average Bonchev–Trinajstić information content (AvgIpc) is 3.20. The van der Waals surface area contributed by atoms with Crippen molar-refractivity contribution in [1.82, 2.24) is 19.7 Å². The Kier molecular flexibility index (Phi) is 5.15. The van der Waals surface area contributed by atoms with Crippen molar-refractivity contribution in [2.45, 2.75) is 18.4 Å². The number of nitrogens with one attached hydrogen (secondary N) is 2. The van der Waals surface area contributed by atoms with Crippen molar-refractivity contribution in [3.63, 3.8) is 0 Å². The van der Waals surface area contributed by atoms with Crippen molar-refractivity contribution >= 4 is 16.5 Å². The molecule has 32 heavy (non-hydrogen) atoms. The molecule has 0 saturated carbocycles. The quantitative estimate of drug-likeness (QED) is 0.434. The second-order valence-corrected chi connectivity index (χ2v) is 6.81. The Morgan fingerprint density at radius 3 is 2.53 bits per heavy atom. The van der Waals surface area contributed by atoms with Gasteiger partial charge in [-0.2, -0.15) is 31.4 Å². The third-order valence-corrected chi connectivity index (χ3v) is 4.66. The molecule has 0 amide bonds. The van der Waals surface area contributed by atoms with Crippen molar-refractivity contribution in [3.05, 3.63) is 82.8 Å². The van der Waals surface area contributed by atoms with Crippen LogP contribution in [0.3, 0.4) is 0 Å². The number of fused-ring (bicyclic) bond motifs is 1. The molecule has 3 heterocycles. The number of alkyl halides is 6. The maximum atomic E-state index is 13.8. The van der Waals surface area contributed by atoms with Crippen molar-refractivity contribution in [3.8, 4) is 5.69 Å². The summed E-state index contributed by atoms with van der Waals surface area (Å²) in [6.07, 6.45) is -5.40. The first-order chi connectivity index (χ1) is 15.0. The summed E-state index contributed by atoms with van der Waals surface area (Å²) >= 11 is 0. The van der Waals surface area contributed by atoms with Gasteiger partial charge in [-0.15, -0.1) is 0 Å². The highest BCUT2D eigenvalue weighted by Gasteiger charge is 2.42. The van der Waals surface area contributed by atoms with Crippen LogP contribution in [0.25, 0.3) is 16.5 Å². The maximum Gasteiger partial charge on any atom is 0.433 e. The number of aromatic nitrogens is 4. The molecule has 0 radical (unpaired) electrons. The lowest BCUT2D eigenvalue weighted by Gasteiger charge is -2.22. The topological polar surface area (TPSA) is 75.6 Å². The van der Waals surface area contributed by atoms with Gasteiger partial charge in [0.2, 0.25) is 0 Å². The first-order valence-electron chi connectivity index (χ1n) is 9.06. The van der Waals surface area contributed by atoms with Crippen molar-refractivity contribution < 1.29 is 26.3 Å². The Labute approximate surface area is 175 Å². The number of anilines is 1. The molecule has 0 aliphatic rings. The van der Waals surface area contributed by atoms with Crippen molar-refractivity contribution in [2.24, 2.45) is 0 Å². The fourth-order valence-electron chi connectivity index (χ4n) is 3.22. The highest BCUT2D eigenvalue weighted by Crippen LogP contribution is 2.37. The Hall–Kier alpha value is -3.83. The van der Waals surface area contributed by atoms with Gasteiger partial charge in [0.1, 0.15) is 5.69 Å². The highest BCUT2D eigenvalue weighted by molar-refractivity contribution is 5.89. The number of pyridine rings is 2. The van der Waals surface area contributed by atoms with Gasteiger partial charge in [-0.25, -0.2) is 4.68 Å². The minimum atomic E-state index is -4.84. The molecule has 1 aromatic carbocycles. The molecule has 3 aromatic heterocycles. The Bertz CT molecular complexity index is 1320. The summed E-state index contributed by atoms with van der Waals surface area (Å²) in [7, 11) is 0. The van der Waals surface area contributed by atoms with Crippen molar-refractivity contribution in [1.29, 1.82) is 0 Å². The summed E-state index contributed by atoms with van der Waals surface area (Å²) in [6, 6.07) is 5.45. The Morgan fingerprint density at radius 1 is 1.03 bits per heavy atom. The van der Waals surface area contributed by atoms with Crippen molar-refractivity contribution in [2.75, 3.05) is 5.32 Å². The smallest absolute Gasteiger partial charge is 0.370 e. The van der Waals surface area contributed by atoms with Crippen LogP contribution in [0.5, 0.6) is 0 Å². The average molecular weight is 453 g/mol. The van der Waals surface area contributed by atoms with Crippen LogP contribution in [-0.4, -0.2) is 25.9 Å². The number of nitrogens with zero attached hydrogens (tertiary/aromatic N) is 3. The predicted octanol–water partition coefficient (Wildman–Crippen LogP) is 4.84. The molecule has 0 fully saturated rings. The standard InChI is InChI=1S/C20H13F6N5O/c21-19(22,23)16-8-12(4-6-27-16)30-17(20(24,25)26)11-9-29-31(10-11)15-3-1-2-14-13(15)5-7-28-18(14)32/h1-10,17H,(H,27,30)(H,28,32). The molecule has 0 aliphatic heterocycles. The van der Waals surface area contributed by atoms with Gasteiger partial charge in [0.05, 0.1) is 11.9 Å². The SMILES string of the molecule is O=c1[nH]ccc2c(-n3cc(C(Nc4ccnc(C(F)(F)F)c4)C(F)(F)F)cn3)cccc12. The van der Waals surface area contributed by atoms with Gasteiger partial charge in [-0.1, -0.05) is 6.07 Å². The lowest BCUT2D eigenvalue weighted by molar-refractivity contribution is -0.144. The lowest BCUT2D eigenvalue weighted by Crippen LogP contribution is -2.27. The number of halogens is 6. The van der Waals surface area contributed by atoms with Crippen LogP contribution in [-0.2, 0) is 6.18 Å². The zero-order valence-electron chi connectivity index (χ0n) is 15.9. The molecule has 4 aromatic rings. The molecule has 0 bridgehead atoms. The number of rotatable bonds is 4. The zero-order chi connectivity index (χ0) is 23.1. The third-order valence-electron chi connectivity index (χ3n) is 4.66. The van der Waals surface area contributed by atoms with Crippen LogP contribution in [0.2, 0.25) is 0 Å². The van der Waals surface area contributed by atoms with Crippen LogP contribution in [0.4, 0.5) is 32.0 Å². The molecule has 2 N–H and O–H groups in total. The second kappa shape index (κ2) is 7.70. The lowest BCUT2D eigenvalue weighted by atomic mass is 10.1. The van der Waals surface area contributed by atoms with E-state index in [9.17, 15) is 31.1 Å². The summed E-state index contributed by atoms with van der Waals surface area (Å²) in [5.74, 6) is 0. The zero-order valence-corrected chi connectivity index (χ0v) is 15.9. The third kappa shape index (κ3) is 4.15. The minimum Gasteiger partial charge on any atom is -0.370 e. The summed E-state index contributed by atoms with van der Waals surface area (Å²) in [5, 5.41) is 6.84. The fraction of sp³-hybridized carbons (Fsp3) is 0.150. The van der Waals surface area contributed by atoms with E-state index in [0.29, 0.717) is 22.5 Å². The molecule has 0 saturated heterocycles. The molecular formula is C20H13F6N5O. The first kappa shape index (κ1) is 21.4. The molecule has 166 valence electrons. The van der Waals surface area contributed by atoms with Crippen LogP contribution >= 0.6 is 0 Å². The van der Waals surface area contributed by atoms with Gasteiger partial charge in [-0.3, -0.25) is 9.78 Å². The molecule has 0 spiro atoms. The molecule has 6 nitrogen and oxygen atoms in total. The van der Waals surface area contributed by atoms with Gasteiger partial charge < -0.3 is 10.3 Å². The number of aromatic amines is 1. The van der Waals surface area contributed by atoms with E-state index in [0.717, 1.165) is 24.7 Å². The van der Waals surface area contributed by atoms with Crippen LogP contribution in [0.15, 0.2) is 66.0 Å².